The summed E-state index contributed by atoms with van der Waals surface area (Å²) in [5.74, 6) is 5.62. The maximum atomic E-state index is 10.9. The first-order chi connectivity index (χ1) is 5.77. The smallest absolute Gasteiger partial charge is 0.308 e. The fraction of sp³-hybridized carbons (Fsp3) is 0.667. The minimum atomic E-state index is -0.142. The highest BCUT2D eigenvalue weighted by molar-refractivity contribution is 5.73. The molecule has 0 atom stereocenters. The molecule has 1 saturated carbocycles. The third kappa shape index (κ3) is 1.99. The molecule has 0 aromatic carbocycles. The molecule has 1 aliphatic carbocycles. The zero-order chi connectivity index (χ0) is 8.97. The summed E-state index contributed by atoms with van der Waals surface area (Å²) in [6, 6.07) is 0. The van der Waals surface area contributed by atoms with Gasteiger partial charge in [0.1, 0.15) is 6.61 Å². The van der Waals surface area contributed by atoms with Crippen LogP contribution in [-0.2, 0) is 9.53 Å². The van der Waals surface area contributed by atoms with Gasteiger partial charge in [-0.25, -0.2) is 0 Å². The molecule has 0 aromatic heterocycles. The minimum absolute atomic E-state index is 0.0352. The second kappa shape index (κ2) is 4.13. The molecular weight excluding hydrogens is 156 g/mol. The molecule has 3 nitrogen and oxygen atoms in total. The Bertz CT molecular complexity index is 218. The summed E-state index contributed by atoms with van der Waals surface area (Å²) < 4.78 is 4.57. The van der Waals surface area contributed by atoms with E-state index in [0.717, 1.165) is 12.8 Å². The van der Waals surface area contributed by atoms with Crippen LogP contribution >= 0.6 is 0 Å². The molecule has 0 amide bonds. The Morgan fingerprint density at radius 3 is 2.83 bits per heavy atom. The van der Waals surface area contributed by atoms with Crippen LogP contribution in [0.2, 0.25) is 0 Å². The lowest BCUT2D eigenvalue weighted by Crippen LogP contribution is -2.30. The fourth-order valence-corrected chi connectivity index (χ4v) is 1.28. The summed E-state index contributed by atoms with van der Waals surface area (Å²) in [6.45, 7) is -0.0978. The third-order valence-electron chi connectivity index (χ3n) is 2.06. The lowest BCUT2D eigenvalue weighted by Gasteiger charge is -2.29. The van der Waals surface area contributed by atoms with Gasteiger partial charge in [0.25, 0.3) is 0 Å². The molecular formula is C9H12O3. The van der Waals surface area contributed by atoms with Crippen LogP contribution in [0, 0.1) is 23.7 Å². The van der Waals surface area contributed by atoms with Gasteiger partial charge >= 0.3 is 5.97 Å². The SMILES string of the molecule is COC(=O)C1CC(C#CCO)C1. The van der Waals surface area contributed by atoms with Crippen LogP contribution in [0.4, 0.5) is 0 Å². The van der Waals surface area contributed by atoms with E-state index >= 15 is 0 Å². The predicted molar refractivity (Wildman–Crippen MR) is 43.1 cm³/mol. The molecule has 1 fully saturated rings. The predicted octanol–water partition coefficient (Wildman–Crippen LogP) is 0.181. The summed E-state index contributed by atoms with van der Waals surface area (Å²) in [5.41, 5.74) is 0. The van der Waals surface area contributed by atoms with Crippen molar-refractivity contribution in [2.24, 2.45) is 11.8 Å². The lowest BCUT2D eigenvalue weighted by atomic mass is 9.75. The van der Waals surface area contributed by atoms with Crippen LogP contribution < -0.4 is 0 Å². The number of rotatable bonds is 1. The number of hydrogen-bond donors (Lipinski definition) is 1. The summed E-state index contributed by atoms with van der Waals surface area (Å²) in [6.07, 6.45) is 1.55. The van der Waals surface area contributed by atoms with Gasteiger partial charge in [0.15, 0.2) is 0 Å². The van der Waals surface area contributed by atoms with Gasteiger partial charge < -0.3 is 9.84 Å². The average molecular weight is 168 g/mol. The number of methoxy groups -OCH3 is 1. The number of aliphatic hydroxyl groups excluding tert-OH is 1. The van der Waals surface area contributed by atoms with Crippen LogP contribution in [0.15, 0.2) is 0 Å². The van der Waals surface area contributed by atoms with E-state index in [0.29, 0.717) is 0 Å². The molecule has 1 rings (SSSR count). The van der Waals surface area contributed by atoms with Crippen molar-refractivity contribution in [1.29, 1.82) is 0 Å². The Kier molecular flexibility index (Phi) is 3.12. The Labute approximate surface area is 71.7 Å². The number of esters is 1. The van der Waals surface area contributed by atoms with E-state index in [9.17, 15) is 4.79 Å². The lowest BCUT2D eigenvalue weighted by molar-refractivity contribution is -0.149. The fourth-order valence-electron chi connectivity index (χ4n) is 1.28. The third-order valence-corrected chi connectivity index (χ3v) is 2.06. The van der Waals surface area contributed by atoms with Crippen molar-refractivity contribution in [2.75, 3.05) is 13.7 Å². The number of carbonyl (C=O) groups is 1. The molecule has 0 spiro atoms. The Morgan fingerprint density at radius 2 is 2.33 bits per heavy atom. The standard InChI is InChI=1S/C9H12O3/c1-12-9(11)8-5-7(6-8)3-2-4-10/h7-8,10H,4-6H2,1H3. The summed E-state index contributed by atoms with van der Waals surface area (Å²) in [4.78, 5) is 10.9. The molecule has 0 bridgehead atoms. The Morgan fingerprint density at radius 1 is 1.67 bits per heavy atom. The molecule has 1 aliphatic rings. The van der Waals surface area contributed by atoms with Crippen molar-refractivity contribution in [3.8, 4) is 11.8 Å². The second-order valence-corrected chi connectivity index (χ2v) is 2.87. The van der Waals surface area contributed by atoms with E-state index in [-0.39, 0.29) is 24.4 Å². The molecule has 0 heterocycles. The molecule has 0 aromatic rings. The molecule has 0 saturated heterocycles. The molecule has 0 unspecified atom stereocenters. The first-order valence-electron chi connectivity index (χ1n) is 3.95. The highest BCUT2D eigenvalue weighted by Gasteiger charge is 2.33. The van der Waals surface area contributed by atoms with Gasteiger partial charge in [-0.2, -0.15) is 0 Å². The van der Waals surface area contributed by atoms with Crippen molar-refractivity contribution in [3.05, 3.63) is 0 Å². The molecule has 66 valence electrons. The topological polar surface area (TPSA) is 46.5 Å². The van der Waals surface area contributed by atoms with Crippen LogP contribution in [0.3, 0.4) is 0 Å². The summed E-state index contributed by atoms with van der Waals surface area (Å²) in [5, 5.41) is 8.39. The molecule has 3 heteroatoms. The van der Waals surface area contributed by atoms with E-state index in [1.54, 1.807) is 0 Å². The van der Waals surface area contributed by atoms with Gasteiger partial charge in [-0.05, 0) is 12.8 Å². The number of aliphatic hydroxyl groups is 1. The number of ether oxygens (including phenoxy) is 1. The summed E-state index contributed by atoms with van der Waals surface area (Å²) >= 11 is 0. The monoisotopic (exact) mass is 168 g/mol. The van der Waals surface area contributed by atoms with Crippen LogP contribution in [-0.4, -0.2) is 24.8 Å². The van der Waals surface area contributed by atoms with Gasteiger partial charge in [0.05, 0.1) is 13.0 Å². The molecule has 0 aliphatic heterocycles. The quantitative estimate of drug-likeness (QED) is 0.449. The molecule has 0 radical (unpaired) electrons. The first kappa shape index (κ1) is 9.08. The molecule has 12 heavy (non-hydrogen) atoms. The molecule has 1 N–H and O–H groups in total. The van der Waals surface area contributed by atoms with Crippen molar-refractivity contribution in [2.45, 2.75) is 12.8 Å². The van der Waals surface area contributed by atoms with E-state index in [4.69, 9.17) is 5.11 Å². The minimum Gasteiger partial charge on any atom is -0.469 e. The normalized spacial score (nSPS) is 26.5. The number of hydrogen-bond acceptors (Lipinski definition) is 3. The van der Waals surface area contributed by atoms with Gasteiger partial charge in [0.2, 0.25) is 0 Å². The number of carbonyl (C=O) groups excluding carboxylic acids is 1. The van der Waals surface area contributed by atoms with Crippen LogP contribution in [0.25, 0.3) is 0 Å². The highest BCUT2D eigenvalue weighted by Crippen LogP contribution is 2.33. The van der Waals surface area contributed by atoms with Gasteiger partial charge in [0, 0.05) is 5.92 Å². The van der Waals surface area contributed by atoms with Crippen molar-refractivity contribution in [3.63, 3.8) is 0 Å². The average Bonchev–Trinajstić information content (AvgIpc) is 2.01. The van der Waals surface area contributed by atoms with E-state index in [2.05, 4.69) is 16.6 Å². The van der Waals surface area contributed by atoms with Gasteiger partial charge in [-0.15, -0.1) is 0 Å². The van der Waals surface area contributed by atoms with E-state index in [1.807, 2.05) is 0 Å². The zero-order valence-corrected chi connectivity index (χ0v) is 7.04. The Balaban J connectivity index is 2.24. The van der Waals surface area contributed by atoms with Crippen LogP contribution in [0.1, 0.15) is 12.8 Å². The van der Waals surface area contributed by atoms with Crippen molar-refractivity contribution >= 4 is 5.97 Å². The maximum absolute atomic E-state index is 10.9. The van der Waals surface area contributed by atoms with Crippen molar-refractivity contribution in [1.82, 2.24) is 0 Å². The van der Waals surface area contributed by atoms with E-state index < -0.39 is 0 Å². The maximum Gasteiger partial charge on any atom is 0.308 e. The zero-order valence-electron chi connectivity index (χ0n) is 7.04. The largest absolute Gasteiger partial charge is 0.469 e. The first-order valence-corrected chi connectivity index (χ1v) is 3.95. The summed E-state index contributed by atoms with van der Waals surface area (Å²) in [7, 11) is 1.40. The van der Waals surface area contributed by atoms with Crippen LogP contribution in [0.5, 0.6) is 0 Å². The second-order valence-electron chi connectivity index (χ2n) is 2.87. The van der Waals surface area contributed by atoms with E-state index in [1.165, 1.54) is 7.11 Å². The Hall–Kier alpha value is -1.01. The van der Waals surface area contributed by atoms with Gasteiger partial charge in [-0.3, -0.25) is 4.79 Å². The van der Waals surface area contributed by atoms with Crippen molar-refractivity contribution < 1.29 is 14.6 Å². The van der Waals surface area contributed by atoms with Gasteiger partial charge in [-0.1, -0.05) is 11.8 Å². The highest BCUT2D eigenvalue weighted by atomic mass is 16.5.